The minimum absolute atomic E-state index is 0.221. The lowest BCUT2D eigenvalue weighted by atomic mass is 9.61. The summed E-state index contributed by atoms with van der Waals surface area (Å²) in [7, 11) is 1.72. The summed E-state index contributed by atoms with van der Waals surface area (Å²) in [5.41, 5.74) is 0.989. The van der Waals surface area contributed by atoms with Gasteiger partial charge >= 0.3 is 0 Å². The molecule has 2 heterocycles. The zero-order valence-electron chi connectivity index (χ0n) is 20.0. The fourth-order valence-electron chi connectivity index (χ4n) is 6.20. The van der Waals surface area contributed by atoms with E-state index < -0.39 is 0 Å². The van der Waals surface area contributed by atoms with Gasteiger partial charge in [0.2, 0.25) is 5.91 Å². The van der Waals surface area contributed by atoms with E-state index in [9.17, 15) is 4.79 Å². The molecule has 1 N–H and O–H groups in total. The number of morpholine rings is 1. The molecule has 3 atom stereocenters. The maximum absolute atomic E-state index is 13.6. The number of para-hydroxylation sites is 1. The van der Waals surface area contributed by atoms with Gasteiger partial charge in [-0.2, -0.15) is 0 Å². The van der Waals surface area contributed by atoms with Gasteiger partial charge in [-0.25, -0.2) is 0 Å². The van der Waals surface area contributed by atoms with E-state index in [-0.39, 0.29) is 5.41 Å². The standard InChI is InChI=1S/C26H41N3O3/c1-3-28-14-11-22-19-23(29-15-17-32-18-16-29)10-12-26(22,20-28)25(30)27-13-6-8-21-7-4-5-9-24(21)31-2/h4-5,7,9,22-23H,3,6,8,10-20H2,1-2H3,(H,27,30)/t22-,23+,26-/m1/s1. The fourth-order valence-corrected chi connectivity index (χ4v) is 6.20. The molecule has 1 amide bonds. The van der Waals surface area contributed by atoms with Crippen LogP contribution < -0.4 is 10.1 Å². The molecule has 0 radical (unpaired) electrons. The van der Waals surface area contributed by atoms with Crippen molar-refractivity contribution in [2.45, 2.75) is 51.5 Å². The van der Waals surface area contributed by atoms with Crippen LogP contribution in [0.25, 0.3) is 0 Å². The van der Waals surface area contributed by atoms with Crippen molar-refractivity contribution in [3.05, 3.63) is 29.8 Å². The summed E-state index contributed by atoms with van der Waals surface area (Å²) in [5, 5.41) is 3.35. The molecule has 0 aromatic heterocycles. The van der Waals surface area contributed by atoms with Gasteiger partial charge in [-0.05, 0) is 69.2 Å². The van der Waals surface area contributed by atoms with Gasteiger partial charge in [-0.3, -0.25) is 9.69 Å². The summed E-state index contributed by atoms with van der Waals surface area (Å²) in [6.07, 6.45) is 6.29. The number of hydrogen-bond acceptors (Lipinski definition) is 5. The van der Waals surface area contributed by atoms with Gasteiger partial charge in [0.05, 0.1) is 25.7 Å². The number of carbonyl (C=O) groups excluding carboxylic acids is 1. The smallest absolute Gasteiger partial charge is 0.227 e. The number of carbonyl (C=O) groups is 1. The van der Waals surface area contributed by atoms with Crippen LogP contribution in [0.2, 0.25) is 0 Å². The quantitative estimate of drug-likeness (QED) is 0.626. The summed E-state index contributed by atoms with van der Waals surface area (Å²) in [5.74, 6) is 1.71. The minimum atomic E-state index is -0.221. The first-order valence-corrected chi connectivity index (χ1v) is 12.6. The lowest BCUT2D eigenvalue weighted by molar-refractivity contribution is -0.144. The first-order valence-electron chi connectivity index (χ1n) is 12.6. The van der Waals surface area contributed by atoms with Crippen LogP contribution in [0, 0.1) is 11.3 Å². The van der Waals surface area contributed by atoms with Crippen LogP contribution in [-0.4, -0.2) is 81.3 Å². The third-order valence-electron chi connectivity index (χ3n) is 8.12. The van der Waals surface area contributed by atoms with Gasteiger partial charge in [-0.15, -0.1) is 0 Å². The van der Waals surface area contributed by atoms with E-state index in [2.05, 4.69) is 28.1 Å². The number of nitrogens with zero attached hydrogens (tertiary/aromatic N) is 2. The monoisotopic (exact) mass is 443 g/mol. The Morgan fingerprint density at radius 3 is 2.81 bits per heavy atom. The van der Waals surface area contributed by atoms with Crippen LogP contribution in [0.4, 0.5) is 0 Å². The Morgan fingerprint density at radius 1 is 1.22 bits per heavy atom. The van der Waals surface area contributed by atoms with Gasteiger partial charge < -0.3 is 19.7 Å². The molecule has 6 heteroatoms. The summed E-state index contributed by atoms with van der Waals surface area (Å²) < 4.78 is 11.0. The van der Waals surface area contributed by atoms with Crippen molar-refractivity contribution in [2.24, 2.45) is 11.3 Å². The molecule has 6 nitrogen and oxygen atoms in total. The van der Waals surface area contributed by atoms with Crippen molar-refractivity contribution in [2.75, 3.05) is 59.6 Å². The predicted octanol–water partition coefficient (Wildman–Crippen LogP) is 2.96. The van der Waals surface area contributed by atoms with Gasteiger partial charge in [0, 0.05) is 32.2 Å². The molecule has 32 heavy (non-hydrogen) atoms. The third-order valence-corrected chi connectivity index (χ3v) is 8.12. The number of rotatable bonds is 8. The highest BCUT2D eigenvalue weighted by molar-refractivity contribution is 5.83. The summed E-state index contributed by atoms with van der Waals surface area (Å²) in [6.45, 7) is 9.81. The van der Waals surface area contributed by atoms with E-state index in [0.29, 0.717) is 17.9 Å². The second kappa shape index (κ2) is 11.0. The number of methoxy groups -OCH3 is 1. The normalized spacial score (nSPS) is 29.3. The summed E-state index contributed by atoms with van der Waals surface area (Å²) in [4.78, 5) is 18.7. The van der Waals surface area contributed by atoms with Crippen LogP contribution in [0.1, 0.15) is 44.6 Å². The lowest BCUT2D eigenvalue weighted by Gasteiger charge is -2.53. The molecule has 1 aliphatic carbocycles. The zero-order chi connectivity index (χ0) is 22.4. The molecule has 3 fully saturated rings. The minimum Gasteiger partial charge on any atom is -0.496 e. The molecular weight excluding hydrogens is 402 g/mol. The van der Waals surface area contributed by atoms with E-state index in [1.54, 1.807) is 7.11 Å². The van der Waals surface area contributed by atoms with Crippen molar-refractivity contribution >= 4 is 5.91 Å². The van der Waals surface area contributed by atoms with Crippen LogP contribution in [0.5, 0.6) is 5.75 Å². The summed E-state index contributed by atoms with van der Waals surface area (Å²) >= 11 is 0. The van der Waals surface area contributed by atoms with Crippen molar-refractivity contribution in [1.82, 2.24) is 15.1 Å². The molecule has 178 valence electrons. The topological polar surface area (TPSA) is 54.0 Å². The molecule has 1 aromatic rings. The second-order valence-electron chi connectivity index (χ2n) is 9.76. The molecule has 0 bridgehead atoms. The second-order valence-corrected chi connectivity index (χ2v) is 9.76. The van der Waals surface area contributed by atoms with Gasteiger partial charge in [0.25, 0.3) is 0 Å². The Morgan fingerprint density at radius 2 is 2.03 bits per heavy atom. The third kappa shape index (κ3) is 5.13. The number of piperidine rings is 1. The number of fused-ring (bicyclic) bond motifs is 1. The zero-order valence-corrected chi connectivity index (χ0v) is 20.0. The lowest BCUT2D eigenvalue weighted by Crippen LogP contribution is -2.60. The van der Waals surface area contributed by atoms with Crippen molar-refractivity contribution in [1.29, 1.82) is 0 Å². The first-order chi connectivity index (χ1) is 15.7. The Kier molecular flexibility index (Phi) is 8.08. The van der Waals surface area contributed by atoms with Crippen LogP contribution >= 0.6 is 0 Å². The maximum atomic E-state index is 13.6. The fraction of sp³-hybridized carbons (Fsp3) is 0.731. The number of aryl methyl sites for hydroxylation is 1. The number of ether oxygens (including phenoxy) is 2. The Hall–Kier alpha value is -1.63. The van der Waals surface area contributed by atoms with E-state index in [1.807, 2.05) is 18.2 Å². The molecule has 1 aromatic carbocycles. The highest BCUT2D eigenvalue weighted by Crippen LogP contribution is 2.47. The Bertz CT molecular complexity index is 752. The van der Waals surface area contributed by atoms with Crippen LogP contribution in [-0.2, 0) is 16.0 Å². The molecule has 2 aliphatic heterocycles. The highest BCUT2D eigenvalue weighted by Gasteiger charge is 2.52. The molecule has 4 rings (SSSR count). The van der Waals surface area contributed by atoms with E-state index in [0.717, 1.165) is 96.8 Å². The number of hydrogen-bond donors (Lipinski definition) is 1. The van der Waals surface area contributed by atoms with Crippen molar-refractivity contribution < 1.29 is 14.3 Å². The largest absolute Gasteiger partial charge is 0.496 e. The van der Waals surface area contributed by atoms with Crippen molar-refractivity contribution in [3.8, 4) is 5.75 Å². The number of likely N-dealkylation sites (tertiary alicyclic amines) is 1. The predicted molar refractivity (Wildman–Crippen MR) is 127 cm³/mol. The number of benzene rings is 1. The molecule has 3 aliphatic rings. The van der Waals surface area contributed by atoms with Gasteiger partial charge in [0.1, 0.15) is 5.75 Å². The molecule has 2 saturated heterocycles. The van der Waals surface area contributed by atoms with E-state index >= 15 is 0 Å². The van der Waals surface area contributed by atoms with Gasteiger partial charge in [-0.1, -0.05) is 25.1 Å². The molecular formula is C26H41N3O3. The maximum Gasteiger partial charge on any atom is 0.227 e. The Labute approximate surface area is 193 Å². The first kappa shape index (κ1) is 23.5. The summed E-state index contributed by atoms with van der Waals surface area (Å²) in [6, 6.07) is 8.78. The number of nitrogens with one attached hydrogen (secondary N) is 1. The molecule has 0 unspecified atom stereocenters. The van der Waals surface area contributed by atoms with Crippen LogP contribution in [0.15, 0.2) is 24.3 Å². The Balaban J connectivity index is 1.36. The van der Waals surface area contributed by atoms with E-state index in [1.165, 1.54) is 5.56 Å². The highest BCUT2D eigenvalue weighted by atomic mass is 16.5. The van der Waals surface area contributed by atoms with Gasteiger partial charge in [0.15, 0.2) is 0 Å². The number of amides is 1. The average Bonchev–Trinajstić information content (AvgIpc) is 2.86. The SMILES string of the molecule is CCN1CC[C@@H]2C[C@@H](N3CCOCC3)CC[C@@]2(C(=O)NCCCc2ccccc2OC)C1. The molecule has 0 spiro atoms. The van der Waals surface area contributed by atoms with Crippen molar-refractivity contribution in [3.63, 3.8) is 0 Å². The molecule has 1 saturated carbocycles. The average molecular weight is 444 g/mol. The van der Waals surface area contributed by atoms with E-state index in [4.69, 9.17) is 9.47 Å². The van der Waals surface area contributed by atoms with Crippen LogP contribution in [0.3, 0.4) is 0 Å².